The first kappa shape index (κ1) is 16.4. The third kappa shape index (κ3) is 6.00. The Morgan fingerprint density at radius 3 is 2.76 bits per heavy atom. The van der Waals surface area contributed by atoms with Gasteiger partial charge in [-0.2, -0.15) is 0 Å². The molecule has 0 aromatic heterocycles. The number of hydrogen-bond acceptors (Lipinski definition) is 2. The molecular weight excluding hydrogens is 310 g/mol. The van der Waals surface area contributed by atoms with Crippen molar-refractivity contribution < 1.29 is 9.18 Å². The van der Waals surface area contributed by atoms with Gasteiger partial charge in [0.05, 0.1) is 4.47 Å². The molecule has 0 aliphatic rings. The predicted octanol–water partition coefficient (Wildman–Crippen LogP) is 3.08. The average Bonchev–Trinajstić information content (AvgIpc) is 2.21. The van der Waals surface area contributed by atoms with Crippen LogP contribution in [0.3, 0.4) is 0 Å². The topological polar surface area (TPSA) is 55.1 Å². The summed E-state index contributed by atoms with van der Waals surface area (Å²) < 4.78 is 13.2. The first-order valence-electron chi connectivity index (χ1n) is 4.99. The van der Waals surface area contributed by atoms with Crippen LogP contribution in [-0.4, -0.2) is 11.9 Å². The monoisotopic (exact) mass is 324 g/mol. The van der Waals surface area contributed by atoms with Gasteiger partial charge in [-0.1, -0.05) is 0 Å². The van der Waals surface area contributed by atoms with Gasteiger partial charge in [-0.15, -0.1) is 12.4 Å². The number of hydrogen-bond donors (Lipinski definition) is 2. The molecule has 1 unspecified atom stereocenters. The minimum Gasteiger partial charge on any atom is -0.328 e. The molecule has 96 valence electrons. The van der Waals surface area contributed by atoms with Crippen molar-refractivity contribution in [3.05, 3.63) is 28.5 Å². The number of halogens is 3. The van der Waals surface area contributed by atoms with Crippen molar-refractivity contribution in [1.29, 1.82) is 0 Å². The molecular formula is C11H15BrClFN2O. The maximum absolute atomic E-state index is 12.9. The van der Waals surface area contributed by atoms with Crippen molar-refractivity contribution in [1.82, 2.24) is 0 Å². The van der Waals surface area contributed by atoms with Crippen LogP contribution in [0.1, 0.15) is 19.8 Å². The van der Waals surface area contributed by atoms with Gasteiger partial charge in [0.2, 0.25) is 5.91 Å². The van der Waals surface area contributed by atoms with Crippen molar-refractivity contribution in [3.63, 3.8) is 0 Å². The molecule has 0 spiro atoms. The van der Waals surface area contributed by atoms with Crippen molar-refractivity contribution in [2.24, 2.45) is 5.73 Å². The molecule has 0 radical (unpaired) electrons. The van der Waals surface area contributed by atoms with Crippen molar-refractivity contribution in [2.45, 2.75) is 25.8 Å². The molecule has 0 aliphatic heterocycles. The van der Waals surface area contributed by atoms with Crippen LogP contribution >= 0.6 is 28.3 Å². The van der Waals surface area contributed by atoms with Gasteiger partial charge in [-0.05, 0) is 47.5 Å². The Hall–Kier alpha value is -0.650. The van der Waals surface area contributed by atoms with Gasteiger partial charge >= 0.3 is 0 Å². The highest BCUT2D eigenvalue weighted by Crippen LogP contribution is 2.20. The molecule has 3 N–H and O–H groups in total. The van der Waals surface area contributed by atoms with E-state index in [0.29, 0.717) is 23.0 Å². The zero-order chi connectivity index (χ0) is 12.1. The number of amides is 1. The van der Waals surface area contributed by atoms with E-state index < -0.39 is 0 Å². The predicted molar refractivity (Wildman–Crippen MR) is 72.9 cm³/mol. The van der Waals surface area contributed by atoms with Crippen LogP contribution in [0.5, 0.6) is 0 Å². The Balaban J connectivity index is 0.00000256. The summed E-state index contributed by atoms with van der Waals surface area (Å²) in [7, 11) is 0. The van der Waals surface area contributed by atoms with E-state index in [9.17, 15) is 9.18 Å². The van der Waals surface area contributed by atoms with Crippen LogP contribution in [-0.2, 0) is 4.79 Å². The van der Waals surface area contributed by atoms with Crippen LogP contribution < -0.4 is 11.1 Å². The Kier molecular flexibility index (Phi) is 7.34. The molecule has 1 aromatic rings. The third-order valence-corrected chi connectivity index (χ3v) is 2.64. The normalized spacial score (nSPS) is 11.5. The largest absolute Gasteiger partial charge is 0.328 e. The second-order valence-corrected chi connectivity index (χ2v) is 4.55. The molecule has 0 bridgehead atoms. The highest BCUT2D eigenvalue weighted by Gasteiger charge is 2.06. The molecule has 0 saturated carbocycles. The summed E-state index contributed by atoms with van der Waals surface area (Å²) in [5, 5.41) is 2.67. The van der Waals surface area contributed by atoms with Gasteiger partial charge in [0, 0.05) is 18.2 Å². The Bertz CT molecular complexity index is 388. The SMILES string of the molecule is CC(N)CCC(=O)Nc1ccc(F)c(Br)c1.Cl. The lowest BCUT2D eigenvalue weighted by atomic mass is 10.2. The Morgan fingerprint density at radius 2 is 2.24 bits per heavy atom. The van der Waals surface area contributed by atoms with Gasteiger partial charge in [-0.25, -0.2) is 4.39 Å². The minimum absolute atomic E-state index is 0. The van der Waals surface area contributed by atoms with Crippen molar-refractivity contribution in [3.8, 4) is 0 Å². The fraction of sp³-hybridized carbons (Fsp3) is 0.364. The molecule has 1 aromatic carbocycles. The number of carbonyl (C=O) groups excluding carboxylic acids is 1. The fourth-order valence-electron chi connectivity index (χ4n) is 1.16. The summed E-state index contributed by atoms with van der Waals surface area (Å²) in [5.74, 6) is -0.468. The van der Waals surface area contributed by atoms with E-state index >= 15 is 0 Å². The second-order valence-electron chi connectivity index (χ2n) is 3.69. The molecule has 0 fully saturated rings. The lowest BCUT2D eigenvalue weighted by Gasteiger charge is -2.07. The van der Waals surface area contributed by atoms with Gasteiger partial charge in [0.15, 0.2) is 0 Å². The van der Waals surface area contributed by atoms with Crippen molar-refractivity contribution >= 4 is 39.9 Å². The summed E-state index contributed by atoms with van der Waals surface area (Å²) >= 11 is 3.05. The van der Waals surface area contributed by atoms with E-state index in [1.54, 1.807) is 0 Å². The summed E-state index contributed by atoms with van der Waals surface area (Å²) in [4.78, 5) is 11.4. The second kappa shape index (κ2) is 7.63. The summed E-state index contributed by atoms with van der Waals surface area (Å²) in [5.41, 5.74) is 6.11. The van der Waals surface area contributed by atoms with Crippen LogP contribution in [0.25, 0.3) is 0 Å². The lowest BCUT2D eigenvalue weighted by Crippen LogP contribution is -2.19. The number of nitrogens with two attached hydrogens (primary N) is 1. The van der Waals surface area contributed by atoms with Gasteiger partial charge in [0.1, 0.15) is 5.82 Å². The van der Waals surface area contributed by atoms with E-state index in [1.807, 2.05) is 6.92 Å². The number of carbonyl (C=O) groups is 1. The van der Waals surface area contributed by atoms with E-state index in [1.165, 1.54) is 18.2 Å². The molecule has 1 atom stereocenters. The van der Waals surface area contributed by atoms with Crippen LogP contribution in [0.2, 0.25) is 0 Å². The molecule has 17 heavy (non-hydrogen) atoms. The first-order chi connectivity index (χ1) is 7.49. The molecule has 0 aliphatic carbocycles. The molecule has 0 saturated heterocycles. The van der Waals surface area contributed by atoms with Crippen LogP contribution in [0.4, 0.5) is 10.1 Å². The summed E-state index contributed by atoms with van der Waals surface area (Å²) in [6, 6.07) is 4.35. The lowest BCUT2D eigenvalue weighted by molar-refractivity contribution is -0.116. The maximum Gasteiger partial charge on any atom is 0.224 e. The minimum atomic E-state index is -0.353. The zero-order valence-electron chi connectivity index (χ0n) is 9.37. The molecule has 0 heterocycles. The number of anilines is 1. The summed E-state index contributed by atoms with van der Waals surface area (Å²) in [6.45, 7) is 1.85. The van der Waals surface area contributed by atoms with E-state index in [2.05, 4.69) is 21.2 Å². The Morgan fingerprint density at radius 1 is 1.59 bits per heavy atom. The van der Waals surface area contributed by atoms with Gasteiger partial charge in [-0.3, -0.25) is 4.79 Å². The number of nitrogens with one attached hydrogen (secondary N) is 1. The van der Waals surface area contributed by atoms with Gasteiger partial charge in [0.25, 0.3) is 0 Å². The molecule has 1 rings (SSSR count). The molecule has 6 heteroatoms. The molecule has 1 amide bonds. The average molecular weight is 326 g/mol. The Labute approximate surface area is 114 Å². The first-order valence-corrected chi connectivity index (χ1v) is 5.79. The smallest absolute Gasteiger partial charge is 0.224 e. The zero-order valence-corrected chi connectivity index (χ0v) is 11.8. The van der Waals surface area contributed by atoms with Gasteiger partial charge < -0.3 is 11.1 Å². The standard InChI is InChI=1S/C11H14BrFN2O.ClH/c1-7(14)2-5-11(16)15-8-3-4-10(13)9(12)6-8;/h3-4,6-7H,2,5,14H2,1H3,(H,15,16);1H. The van der Waals surface area contributed by atoms with Crippen LogP contribution in [0.15, 0.2) is 22.7 Å². The molecule has 3 nitrogen and oxygen atoms in total. The van der Waals surface area contributed by atoms with E-state index in [-0.39, 0.29) is 30.2 Å². The fourth-order valence-corrected chi connectivity index (χ4v) is 1.53. The van der Waals surface area contributed by atoms with E-state index in [4.69, 9.17) is 5.73 Å². The van der Waals surface area contributed by atoms with Crippen molar-refractivity contribution in [2.75, 3.05) is 5.32 Å². The summed E-state index contributed by atoms with van der Waals surface area (Å²) in [6.07, 6.45) is 1.00. The maximum atomic E-state index is 12.9. The number of benzene rings is 1. The third-order valence-electron chi connectivity index (χ3n) is 2.03. The van der Waals surface area contributed by atoms with Crippen LogP contribution in [0, 0.1) is 5.82 Å². The highest BCUT2D eigenvalue weighted by molar-refractivity contribution is 9.10. The quantitative estimate of drug-likeness (QED) is 0.894. The number of rotatable bonds is 4. The highest BCUT2D eigenvalue weighted by atomic mass is 79.9. The van der Waals surface area contributed by atoms with E-state index in [0.717, 1.165) is 0 Å².